The van der Waals surface area contributed by atoms with E-state index in [4.69, 9.17) is 5.73 Å². The quantitative estimate of drug-likeness (QED) is 0.741. The number of halogens is 1. The van der Waals surface area contributed by atoms with E-state index in [0.29, 0.717) is 13.1 Å². The summed E-state index contributed by atoms with van der Waals surface area (Å²) in [6, 6.07) is 0. The Bertz CT molecular complexity index is 206. The third kappa shape index (κ3) is 6.27. The van der Waals surface area contributed by atoms with E-state index < -0.39 is 0 Å². The molecule has 0 spiro atoms. The molecule has 0 aromatic heterocycles. The molecule has 102 valence electrons. The fourth-order valence-corrected chi connectivity index (χ4v) is 2.69. The average Bonchev–Trinajstić information content (AvgIpc) is 2.78. The molecule has 1 atom stereocenters. The summed E-state index contributed by atoms with van der Waals surface area (Å²) in [5.41, 5.74) is 5.40. The topological polar surface area (TPSA) is 55.1 Å². The first kappa shape index (κ1) is 16.7. The number of rotatable bonds is 7. The molecule has 3 nitrogen and oxygen atoms in total. The predicted molar refractivity (Wildman–Crippen MR) is 74.3 cm³/mol. The minimum atomic E-state index is 0. The number of carbonyl (C=O) groups is 1. The molecule has 0 bridgehead atoms. The Labute approximate surface area is 111 Å². The van der Waals surface area contributed by atoms with Crippen molar-refractivity contribution in [3.05, 3.63) is 0 Å². The van der Waals surface area contributed by atoms with Gasteiger partial charge in [-0.15, -0.1) is 12.4 Å². The smallest absolute Gasteiger partial charge is 0.223 e. The van der Waals surface area contributed by atoms with E-state index in [-0.39, 0.29) is 24.2 Å². The first-order chi connectivity index (χ1) is 7.77. The van der Waals surface area contributed by atoms with Gasteiger partial charge >= 0.3 is 0 Å². The van der Waals surface area contributed by atoms with E-state index >= 15 is 0 Å². The first-order valence-electron chi connectivity index (χ1n) is 6.75. The lowest BCUT2D eigenvalue weighted by Gasteiger charge is -2.19. The first-order valence-corrected chi connectivity index (χ1v) is 6.75. The van der Waals surface area contributed by atoms with Crippen molar-refractivity contribution in [2.45, 2.75) is 51.9 Å². The monoisotopic (exact) mass is 262 g/mol. The number of amides is 1. The zero-order chi connectivity index (χ0) is 11.8. The Hall–Kier alpha value is -0.280. The largest absolute Gasteiger partial charge is 0.355 e. The summed E-state index contributed by atoms with van der Waals surface area (Å²) in [4.78, 5) is 11.9. The van der Waals surface area contributed by atoms with Gasteiger partial charge in [0.25, 0.3) is 0 Å². The zero-order valence-electron chi connectivity index (χ0n) is 10.9. The Morgan fingerprint density at radius 1 is 1.41 bits per heavy atom. The van der Waals surface area contributed by atoms with Gasteiger partial charge in [-0.3, -0.25) is 4.79 Å². The molecule has 1 saturated carbocycles. The molecule has 0 aliphatic heterocycles. The Morgan fingerprint density at radius 3 is 2.59 bits per heavy atom. The Balaban J connectivity index is 0.00000256. The van der Waals surface area contributed by atoms with E-state index in [1.807, 2.05) is 0 Å². The second kappa shape index (κ2) is 9.72. The molecule has 1 aliphatic carbocycles. The average molecular weight is 263 g/mol. The van der Waals surface area contributed by atoms with E-state index in [0.717, 1.165) is 25.2 Å². The van der Waals surface area contributed by atoms with Crippen LogP contribution in [0.25, 0.3) is 0 Å². The molecule has 1 aliphatic rings. The molecular weight excluding hydrogens is 236 g/mol. The van der Waals surface area contributed by atoms with Crippen LogP contribution in [0, 0.1) is 11.8 Å². The zero-order valence-corrected chi connectivity index (χ0v) is 11.7. The van der Waals surface area contributed by atoms with Crippen molar-refractivity contribution in [2.75, 3.05) is 13.1 Å². The molecule has 17 heavy (non-hydrogen) atoms. The van der Waals surface area contributed by atoms with Crippen LogP contribution in [-0.2, 0) is 4.79 Å². The van der Waals surface area contributed by atoms with E-state index in [9.17, 15) is 4.79 Å². The van der Waals surface area contributed by atoms with Gasteiger partial charge in [0, 0.05) is 19.0 Å². The maximum atomic E-state index is 11.9. The molecule has 3 N–H and O–H groups in total. The molecule has 1 unspecified atom stereocenters. The van der Waals surface area contributed by atoms with Gasteiger partial charge < -0.3 is 11.1 Å². The van der Waals surface area contributed by atoms with Gasteiger partial charge in [-0.1, -0.05) is 39.0 Å². The van der Waals surface area contributed by atoms with Crippen LogP contribution >= 0.6 is 12.4 Å². The highest BCUT2D eigenvalue weighted by Gasteiger charge is 2.24. The van der Waals surface area contributed by atoms with Crippen LogP contribution in [0.2, 0.25) is 0 Å². The van der Waals surface area contributed by atoms with E-state index in [1.165, 1.54) is 25.7 Å². The van der Waals surface area contributed by atoms with Crippen LogP contribution in [0.4, 0.5) is 0 Å². The number of nitrogens with two attached hydrogens (primary N) is 1. The summed E-state index contributed by atoms with van der Waals surface area (Å²) in [6.45, 7) is 3.30. The summed E-state index contributed by atoms with van der Waals surface area (Å²) in [5, 5.41) is 2.93. The van der Waals surface area contributed by atoms with Crippen molar-refractivity contribution in [1.29, 1.82) is 0 Å². The van der Waals surface area contributed by atoms with Gasteiger partial charge in [0.2, 0.25) is 5.91 Å². The van der Waals surface area contributed by atoms with Gasteiger partial charge in [0.05, 0.1) is 0 Å². The van der Waals surface area contributed by atoms with Gasteiger partial charge in [-0.05, 0) is 18.8 Å². The number of carbonyl (C=O) groups excluding carboxylic acids is 1. The van der Waals surface area contributed by atoms with Crippen LogP contribution in [0.5, 0.6) is 0 Å². The fourth-order valence-electron chi connectivity index (χ4n) is 2.69. The predicted octanol–water partition coefficient (Wildman–Crippen LogP) is 2.48. The summed E-state index contributed by atoms with van der Waals surface area (Å²) in [6.07, 6.45) is 8.56. The summed E-state index contributed by atoms with van der Waals surface area (Å²) in [7, 11) is 0. The van der Waals surface area contributed by atoms with Crippen LogP contribution in [-0.4, -0.2) is 19.0 Å². The minimum Gasteiger partial charge on any atom is -0.355 e. The van der Waals surface area contributed by atoms with E-state index in [2.05, 4.69) is 12.2 Å². The third-order valence-corrected chi connectivity index (χ3v) is 3.54. The molecule has 0 saturated heterocycles. The summed E-state index contributed by atoms with van der Waals surface area (Å²) in [5.74, 6) is 1.24. The maximum Gasteiger partial charge on any atom is 0.223 e. The molecule has 0 heterocycles. The van der Waals surface area contributed by atoms with Gasteiger partial charge in [-0.25, -0.2) is 0 Å². The molecule has 0 aromatic carbocycles. The number of hydrogen-bond donors (Lipinski definition) is 2. The van der Waals surface area contributed by atoms with E-state index in [1.54, 1.807) is 0 Å². The summed E-state index contributed by atoms with van der Waals surface area (Å²) < 4.78 is 0. The normalized spacial score (nSPS) is 17.5. The van der Waals surface area contributed by atoms with Crippen LogP contribution < -0.4 is 11.1 Å². The number of nitrogens with one attached hydrogen (secondary N) is 1. The molecule has 4 heteroatoms. The van der Waals surface area contributed by atoms with Crippen LogP contribution in [0.15, 0.2) is 0 Å². The molecule has 1 fully saturated rings. The molecule has 1 amide bonds. The lowest BCUT2D eigenvalue weighted by atomic mass is 9.89. The lowest BCUT2D eigenvalue weighted by molar-refractivity contribution is -0.125. The molecular formula is C13H27ClN2O. The van der Waals surface area contributed by atoms with Gasteiger partial charge in [0.15, 0.2) is 0 Å². The van der Waals surface area contributed by atoms with Gasteiger partial charge in [0.1, 0.15) is 0 Å². The second-order valence-corrected chi connectivity index (χ2v) is 4.95. The minimum absolute atomic E-state index is 0. The SMILES string of the molecule is CCCC(CC1CCCC1)C(=O)NCCN.Cl. The van der Waals surface area contributed by atoms with Crippen LogP contribution in [0.3, 0.4) is 0 Å². The standard InChI is InChI=1S/C13H26N2O.ClH/c1-2-5-12(13(16)15-9-8-14)10-11-6-3-4-7-11;/h11-12H,2-10,14H2,1H3,(H,15,16);1H. The van der Waals surface area contributed by atoms with Crippen molar-refractivity contribution in [3.63, 3.8) is 0 Å². The van der Waals surface area contributed by atoms with Crippen molar-refractivity contribution in [3.8, 4) is 0 Å². The number of hydrogen-bond acceptors (Lipinski definition) is 2. The van der Waals surface area contributed by atoms with Crippen LogP contribution in [0.1, 0.15) is 51.9 Å². The van der Waals surface area contributed by atoms with Crippen molar-refractivity contribution in [1.82, 2.24) is 5.32 Å². The summed E-state index contributed by atoms with van der Waals surface area (Å²) >= 11 is 0. The fraction of sp³-hybridized carbons (Fsp3) is 0.923. The van der Waals surface area contributed by atoms with Crippen molar-refractivity contribution in [2.24, 2.45) is 17.6 Å². The van der Waals surface area contributed by atoms with Crippen molar-refractivity contribution < 1.29 is 4.79 Å². The lowest BCUT2D eigenvalue weighted by Crippen LogP contribution is -2.35. The van der Waals surface area contributed by atoms with Crippen molar-refractivity contribution >= 4 is 18.3 Å². The Morgan fingerprint density at radius 2 is 2.06 bits per heavy atom. The van der Waals surface area contributed by atoms with Gasteiger partial charge in [-0.2, -0.15) is 0 Å². The highest BCUT2D eigenvalue weighted by atomic mass is 35.5. The Kier molecular flexibility index (Phi) is 9.56. The molecule has 0 radical (unpaired) electrons. The molecule has 1 rings (SSSR count). The maximum absolute atomic E-state index is 11.9. The second-order valence-electron chi connectivity index (χ2n) is 4.95. The molecule has 0 aromatic rings. The highest BCUT2D eigenvalue weighted by molar-refractivity contribution is 5.85. The highest BCUT2D eigenvalue weighted by Crippen LogP contribution is 2.31. The third-order valence-electron chi connectivity index (χ3n) is 3.54.